The molecule has 0 radical (unpaired) electrons. The summed E-state index contributed by atoms with van der Waals surface area (Å²) in [7, 11) is 0. The van der Waals surface area contributed by atoms with Crippen LogP contribution in [0, 0.1) is 27.2 Å². The quantitative estimate of drug-likeness (QED) is 0.663. The van der Waals surface area contributed by atoms with Gasteiger partial charge in [0.1, 0.15) is 6.20 Å². The average molecular weight is 291 g/mol. The van der Waals surface area contributed by atoms with Crippen LogP contribution in [0.5, 0.6) is 11.6 Å². The summed E-state index contributed by atoms with van der Waals surface area (Å²) in [6.07, 6.45) is 0.874. The standard InChI is InChI=1S/C11H9N5O5/c1-6-3-2-4-8(9(6)16(19)20)21-10-7(15(17)18)5-13-11(12)14-10/h2-5H,1H3,(H2,12,13,14). The second kappa shape index (κ2) is 5.36. The van der Waals surface area contributed by atoms with E-state index in [4.69, 9.17) is 10.5 Å². The van der Waals surface area contributed by atoms with Crippen LogP contribution < -0.4 is 10.5 Å². The highest BCUT2D eigenvalue weighted by Crippen LogP contribution is 2.36. The molecule has 1 heterocycles. The van der Waals surface area contributed by atoms with E-state index in [0.717, 1.165) is 6.20 Å². The summed E-state index contributed by atoms with van der Waals surface area (Å²) < 4.78 is 5.21. The Morgan fingerprint density at radius 3 is 2.57 bits per heavy atom. The maximum atomic E-state index is 11.1. The van der Waals surface area contributed by atoms with Crippen LogP contribution in [0.1, 0.15) is 5.56 Å². The van der Waals surface area contributed by atoms with Crippen molar-refractivity contribution in [1.82, 2.24) is 9.97 Å². The fourth-order valence-electron chi connectivity index (χ4n) is 1.63. The molecule has 1 aromatic carbocycles. The molecular weight excluding hydrogens is 282 g/mol. The minimum Gasteiger partial charge on any atom is -0.426 e. The first kappa shape index (κ1) is 14.1. The van der Waals surface area contributed by atoms with Crippen molar-refractivity contribution in [2.75, 3.05) is 5.73 Å². The van der Waals surface area contributed by atoms with Crippen LogP contribution >= 0.6 is 0 Å². The molecule has 0 atom stereocenters. The maximum absolute atomic E-state index is 11.1. The molecule has 108 valence electrons. The molecule has 10 heteroatoms. The molecule has 1 aromatic heterocycles. The number of aromatic nitrogens is 2. The molecule has 0 amide bonds. The number of ether oxygens (including phenoxy) is 1. The maximum Gasteiger partial charge on any atom is 0.349 e. The van der Waals surface area contributed by atoms with Crippen molar-refractivity contribution in [2.45, 2.75) is 6.92 Å². The van der Waals surface area contributed by atoms with E-state index in [9.17, 15) is 20.2 Å². The number of rotatable bonds is 4. The number of nitrogens with two attached hydrogens (primary N) is 1. The number of nitrogen functional groups attached to an aromatic ring is 1. The van der Waals surface area contributed by atoms with Gasteiger partial charge in [-0.2, -0.15) is 4.98 Å². The molecule has 0 fully saturated rings. The molecule has 0 aliphatic heterocycles. The summed E-state index contributed by atoms with van der Waals surface area (Å²) in [6.45, 7) is 1.52. The first-order valence-corrected chi connectivity index (χ1v) is 5.59. The van der Waals surface area contributed by atoms with E-state index in [0.29, 0.717) is 5.56 Å². The summed E-state index contributed by atoms with van der Waals surface area (Å²) in [5.41, 5.74) is 4.86. The molecule has 0 saturated heterocycles. The van der Waals surface area contributed by atoms with Gasteiger partial charge >= 0.3 is 17.3 Å². The molecule has 2 rings (SSSR count). The van der Waals surface area contributed by atoms with Gasteiger partial charge in [-0.15, -0.1) is 0 Å². The lowest BCUT2D eigenvalue weighted by Crippen LogP contribution is -2.03. The predicted octanol–water partition coefficient (Wildman–Crippen LogP) is 1.98. The fraction of sp³-hybridized carbons (Fsp3) is 0.0909. The van der Waals surface area contributed by atoms with E-state index in [2.05, 4.69) is 9.97 Å². The molecule has 0 spiro atoms. The Morgan fingerprint density at radius 2 is 1.95 bits per heavy atom. The number of benzene rings is 1. The first-order valence-electron chi connectivity index (χ1n) is 5.59. The molecule has 0 aliphatic carbocycles. The Bertz CT molecular complexity index is 733. The van der Waals surface area contributed by atoms with Crippen LogP contribution in [0.15, 0.2) is 24.4 Å². The van der Waals surface area contributed by atoms with Crippen LogP contribution in [0.4, 0.5) is 17.3 Å². The highest BCUT2D eigenvalue weighted by molar-refractivity contribution is 5.55. The normalized spacial score (nSPS) is 10.1. The summed E-state index contributed by atoms with van der Waals surface area (Å²) in [4.78, 5) is 27.6. The Kier molecular flexibility index (Phi) is 3.61. The zero-order chi connectivity index (χ0) is 15.6. The summed E-state index contributed by atoms with van der Waals surface area (Å²) >= 11 is 0. The van der Waals surface area contributed by atoms with Crippen molar-refractivity contribution < 1.29 is 14.6 Å². The molecule has 0 aliphatic rings. The van der Waals surface area contributed by atoms with Gasteiger partial charge in [-0.05, 0) is 13.0 Å². The predicted molar refractivity (Wildman–Crippen MR) is 71.0 cm³/mol. The number of hydrogen-bond acceptors (Lipinski definition) is 8. The van der Waals surface area contributed by atoms with Gasteiger partial charge in [-0.3, -0.25) is 20.2 Å². The third-order valence-electron chi connectivity index (χ3n) is 2.54. The summed E-state index contributed by atoms with van der Waals surface area (Å²) in [5.74, 6) is -0.867. The first-order chi connectivity index (χ1) is 9.90. The average Bonchev–Trinajstić information content (AvgIpc) is 2.37. The molecule has 2 aromatic rings. The summed E-state index contributed by atoms with van der Waals surface area (Å²) in [5, 5.41) is 21.9. The van der Waals surface area contributed by atoms with Crippen molar-refractivity contribution in [3.8, 4) is 11.6 Å². The van der Waals surface area contributed by atoms with E-state index in [1.807, 2.05) is 0 Å². The third kappa shape index (κ3) is 2.83. The van der Waals surface area contributed by atoms with Crippen LogP contribution in [0.25, 0.3) is 0 Å². The largest absolute Gasteiger partial charge is 0.426 e. The number of nitrogens with zero attached hydrogens (tertiary/aromatic N) is 4. The Labute approximate surface area is 117 Å². The van der Waals surface area contributed by atoms with Gasteiger partial charge in [-0.25, -0.2) is 4.98 Å². The number of hydrogen-bond donors (Lipinski definition) is 1. The van der Waals surface area contributed by atoms with Gasteiger partial charge < -0.3 is 10.5 Å². The third-order valence-corrected chi connectivity index (χ3v) is 2.54. The van der Waals surface area contributed by atoms with Crippen molar-refractivity contribution >= 4 is 17.3 Å². The van der Waals surface area contributed by atoms with Gasteiger partial charge in [0.2, 0.25) is 11.7 Å². The van der Waals surface area contributed by atoms with Crippen LogP contribution in [-0.2, 0) is 0 Å². The van der Waals surface area contributed by atoms with Crippen molar-refractivity contribution in [3.63, 3.8) is 0 Å². The fourth-order valence-corrected chi connectivity index (χ4v) is 1.63. The number of nitro benzene ring substituents is 1. The van der Waals surface area contributed by atoms with Gasteiger partial charge in [0.05, 0.1) is 9.85 Å². The van der Waals surface area contributed by atoms with E-state index in [1.54, 1.807) is 0 Å². The molecule has 0 bridgehead atoms. The van der Waals surface area contributed by atoms with Crippen molar-refractivity contribution in [2.24, 2.45) is 0 Å². The summed E-state index contributed by atoms with van der Waals surface area (Å²) in [6, 6.07) is 4.36. The second-order valence-corrected chi connectivity index (χ2v) is 3.96. The smallest absolute Gasteiger partial charge is 0.349 e. The lowest BCUT2D eigenvalue weighted by molar-refractivity contribution is -0.388. The zero-order valence-corrected chi connectivity index (χ0v) is 10.7. The van der Waals surface area contributed by atoms with Gasteiger partial charge in [0.25, 0.3) is 0 Å². The lowest BCUT2D eigenvalue weighted by atomic mass is 10.2. The van der Waals surface area contributed by atoms with Gasteiger partial charge in [0, 0.05) is 5.56 Å². The van der Waals surface area contributed by atoms with Crippen molar-refractivity contribution in [1.29, 1.82) is 0 Å². The molecule has 0 unspecified atom stereocenters. The Balaban J connectivity index is 2.53. The van der Waals surface area contributed by atoms with E-state index < -0.39 is 21.4 Å². The highest BCUT2D eigenvalue weighted by Gasteiger charge is 2.24. The highest BCUT2D eigenvalue weighted by atomic mass is 16.6. The molecule has 2 N–H and O–H groups in total. The lowest BCUT2D eigenvalue weighted by Gasteiger charge is -2.07. The van der Waals surface area contributed by atoms with Crippen LogP contribution in [0.3, 0.4) is 0 Å². The van der Waals surface area contributed by atoms with E-state index >= 15 is 0 Å². The van der Waals surface area contributed by atoms with Crippen LogP contribution in [-0.4, -0.2) is 19.8 Å². The Hall–Kier alpha value is -3.30. The van der Waals surface area contributed by atoms with Crippen LogP contribution in [0.2, 0.25) is 0 Å². The second-order valence-electron chi connectivity index (χ2n) is 3.96. The number of anilines is 1. The van der Waals surface area contributed by atoms with Gasteiger partial charge in [-0.1, -0.05) is 12.1 Å². The van der Waals surface area contributed by atoms with E-state index in [-0.39, 0.29) is 17.4 Å². The number of nitro groups is 2. The van der Waals surface area contributed by atoms with Gasteiger partial charge in [0.15, 0.2) is 0 Å². The monoisotopic (exact) mass is 291 g/mol. The molecule has 0 saturated carbocycles. The zero-order valence-electron chi connectivity index (χ0n) is 10.7. The molecular formula is C11H9N5O5. The molecule has 10 nitrogen and oxygen atoms in total. The number of aryl methyl sites for hydroxylation is 1. The van der Waals surface area contributed by atoms with E-state index in [1.165, 1.54) is 25.1 Å². The number of para-hydroxylation sites is 1. The van der Waals surface area contributed by atoms with Crippen molar-refractivity contribution in [3.05, 3.63) is 50.2 Å². The molecule has 21 heavy (non-hydrogen) atoms. The topological polar surface area (TPSA) is 147 Å². The minimum atomic E-state index is -0.767. The SMILES string of the molecule is Cc1cccc(Oc2nc(N)ncc2[N+](=O)[O-])c1[N+](=O)[O-]. The Morgan fingerprint density at radius 1 is 1.24 bits per heavy atom. The minimum absolute atomic E-state index is 0.166.